The number of aliphatic carboxylic acids is 1. The first kappa shape index (κ1) is 30.6. The van der Waals surface area contributed by atoms with Crippen molar-refractivity contribution >= 4 is 40.7 Å². The van der Waals surface area contributed by atoms with Crippen LogP contribution in [0, 0.1) is 12.3 Å². The number of amidine groups is 1. The number of aryl methyl sites for hydroxylation is 1. The molecule has 41 heavy (non-hydrogen) atoms. The van der Waals surface area contributed by atoms with Gasteiger partial charge in [0.2, 0.25) is 5.91 Å². The van der Waals surface area contributed by atoms with E-state index in [1.54, 1.807) is 48.5 Å². The van der Waals surface area contributed by atoms with Crippen molar-refractivity contribution in [2.24, 2.45) is 5.73 Å². The Morgan fingerprint density at radius 3 is 2.32 bits per heavy atom. The normalized spacial score (nSPS) is 10.7. The first-order valence-corrected chi connectivity index (χ1v) is 13.0. The van der Waals surface area contributed by atoms with Gasteiger partial charge in [0.15, 0.2) is 0 Å². The number of aliphatic hydroxyl groups is 1. The van der Waals surface area contributed by atoms with E-state index in [9.17, 15) is 24.6 Å². The number of carboxylic acids is 1. The highest BCUT2D eigenvalue weighted by Crippen LogP contribution is 2.31. The zero-order valence-electron chi connectivity index (χ0n) is 23.2. The number of nitrogen functional groups attached to an aromatic ring is 1. The smallest absolute Gasteiger partial charge is 0.303 e. The van der Waals surface area contributed by atoms with Crippen LogP contribution in [-0.2, 0) is 22.6 Å². The summed E-state index contributed by atoms with van der Waals surface area (Å²) in [5.41, 5.74) is 10.1. The fourth-order valence-corrected chi connectivity index (χ4v) is 4.13. The summed E-state index contributed by atoms with van der Waals surface area (Å²) in [6.07, 6.45) is -0.176. The number of hydrogen-bond acceptors (Lipinski definition) is 7. The highest BCUT2D eigenvalue weighted by atomic mass is 16.5. The van der Waals surface area contributed by atoms with Crippen molar-refractivity contribution < 1.29 is 29.3 Å². The van der Waals surface area contributed by atoms with Crippen LogP contribution >= 0.6 is 0 Å². The van der Waals surface area contributed by atoms with Gasteiger partial charge in [-0.2, -0.15) is 0 Å². The summed E-state index contributed by atoms with van der Waals surface area (Å²) >= 11 is 0. The van der Waals surface area contributed by atoms with E-state index < -0.39 is 18.5 Å². The molecule has 0 saturated carbocycles. The molecule has 3 aromatic carbocycles. The molecule has 0 fully saturated rings. The molecule has 11 heteroatoms. The third kappa shape index (κ3) is 8.80. The van der Waals surface area contributed by atoms with Gasteiger partial charge < -0.3 is 36.6 Å². The molecule has 11 nitrogen and oxygen atoms in total. The fraction of sp³-hybridized carbons (Fsp3) is 0.267. The molecule has 0 radical (unpaired) electrons. The van der Waals surface area contributed by atoms with E-state index >= 15 is 0 Å². The van der Waals surface area contributed by atoms with E-state index in [-0.39, 0.29) is 37.2 Å². The quantitative estimate of drug-likeness (QED) is 0.121. The number of ether oxygens (including phenoxy) is 1. The summed E-state index contributed by atoms with van der Waals surface area (Å²) in [5, 5.41) is 34.8. The maximum absolute atomic E-state index is 13.3. The third-order valence-electron chi connectivity index (χ3n) is 6.02. The van der Waals surface area contributed by atoms with Crippen LogP contribution < -0.4 is 26.4 Å². The summed E-state index contributed by atoms with van der Waals surface area (Å²) in [6.45, 7) is 5.03. The summed E-state index contributed by atoms with van der Waals surface area (Å²) in [5.74, 6) is -1.58. The van der Waals surface area contributed by atoms with Crippen molar-refractivity contribution in [3.8, 4) is 5.75 Å². The Kier molecular flexibility index (Phi) is 10.4. The topological polar surface area (TPSA) is 187 Å². The number of anilines is 3. The van der Waals surface area contributed by atoms with E-state index in [0.29, 0.717) is 45.1 Å². The standard InChI is InChI=1S/C30H35N5O6/c1-17(2)41-26-14-22(34-27(37)16-36)13-20(23(26)9-11-28(38)39)15-33-25-10-4-18(3)12-24(25)30(40)35-21-7-5-19(6-8-21)29(31)32/h4-8,10,12-14,17,33,36H,9,11,15-16H2,1-3H3,(H3,31,32)(H,34,37)(H,35,40)(H,38,39). The molecule has 0 atom stereocenters. The third-order valence-corrected chi connectivity index (χ3v) is 6.02. The minimum Gasteiger partial charge on any atom is -0.491 e. The van der Waals surface area contributed by atoms with Gasteiger partial charge in [0, 0.05) is 41.7 Å². The number of carbonyl (C=O) groups is 3. The van der Waals surface area contributed by atoms with Crippen molar-refractivity contribution in [3.63, 3.8) is 0 Å². The van der Waals surface area contributed by atoms with Crippen molar-refractivity contribution in [2.75, 3.05) is 22.6 Å². The predicted octanol–water partition coefficient (Wildman–Crippen LogP) is 3.88. The summed E-state index contributed by atoms with van der Waals surface area (Å²) < 4.78 is 5.97. The van der Waals surface area contributed by atoms with Crippen LogP contribution in [0.25, 0.3) is 0 Å². The number of carboxylic acid groups (broad SMARTS) is 1. The van der Waals surface area contributed by atoms with Gasteiger partial charge in [-0.3, -0.25) is 19.8 Å². The summed E-state index contributed by atoms with van der Waals surface area (Å²) in [7, 11) is 0. The molecule has 0 aliphatic rings. The Morgan fingerprint density at radius 1 is 1.00 bits per heavy atom. The number of carbonyl (C=O) groups excluding carboxylic acids is 2. The van der Waals surface area contributed by atoms with E-state index in [4.69, 9.17) is 15.9 Å². The van der Waals surface area contributed by atoms with Crippen LogP contribution in [0.5, 0.6) is 5.75 Å². The number of nitrogens with two attached hydrogens (primary N) is 1. The lowest BCUT2D eigenvalue weighted by molar-refractivity contribution is -0.137. The molecule has 0 saturated heterocycles. The SMILES string of the molecule is Cc1ccc(NCc2cc(NC(=O)CO)cc(OC(C)C)c2CCC(=O)O)c(C(=O)Nc2ccc(C(=N)N)cc2)c1. The molecule has 0 unspecified atom stereocenters. The average Bonchev–Trinajstić information content (AvgIpc) is 2.91. The zero-order valence-corrected chi connectivity index (χ0v) is 23.2. The number of aliphatic hydroxyl groups excluding tert-OH is 1. The van der Waals surface area contributed by atoms with Gasteiger partial charge in [-0.25, -0.2) is 0 Å². The van der Waals surface area contributed by atoms with Crippen molar-refractivity contribution in [2.45, 2.75) is 46.3 Å². The van der Waals surface area contributed by atoms with Crippen LogP contribution in [0.3, 0.4) is 0 Å². The minimum atomic E-state index is -0.967. The minimum absolute atomic E-state index is 0.0716. The van der Waals surface area contributed by atoms with Crippen LogP contribution in [0.1, 0.15) is 52.9 Å². The van der Waals surface area contributed by atoms with Gasteiger partial charge in [0.05, 0.1) is 11.7 Å². The Balaban J connectivity index is 1.94. The predicted molar refractivity (Wildman–Crippen MR) is 158 cm³/mol. The van der Waals surface area contributed by atoms with Crippen LogP contribution in [0.2, 0.25) is 0 Å². The fourth-order valence-electron chi connectivity index (χ4n) is 4.13. The summed E-state index contributed by atoms with van der Waals surface area (Å²) in [4.78, 5) is 36.6. The number of rotatable bonds is 13. The molecular weight excluding hydrogens is 526 g/mol. The second-order valence-corrected chi connectivity index (χ2v) is 9.73. The monoisotopic (exact) mass is 561 g/mol. The Labute approximate surface area is 238 Å². The van der Waals surface area contributed by atoms with Gasteiger partial charge >= 0.3 is 5.97 Å². The molecule has 0 aromatic heterocycles. The lowest BCUT2D eigenvalue weighted by Gasteiger charge is -2.21. The molecule has 0 heterocycles. The molecule has 216 valence electrons. The van der Waals surface area contributed by atoms with E-state index in [2.05, 4.69) is 16.0 Å². The Bertz CT molecular complexity index is 1440. The summed E-state index contributed by atoms with van der Waals surface area (Å²) in [6, 6.07) is 15.3. The molecule has 0 bridgehead atoms. The number of nitrogens with one attached hydrogen (secondary N) is 4. The lowest BCUT2D eigenvalue weighted by atomic mass is 9.99. The van der Waals surface area contributed by atoms with Crippen LogP contribution in [0.15, 0.2) is 54.6 Å². The largest absolute Gasteiger partial charge is 0.491 e. The first-order chi connectivity index (χ1) is 19.5. The van der Waals surface area contributed by atoms with E-state index in [1.165, 1.54) is 0 Å². The molecule has 0 aliphatic carbocycles. The van der Waals surface area contributed by atoms with Gasteiger partial charge in [-0.15, -0.1) is 0 Å². The van der Waals surface area contributed by atoms with Crippen LogP contribution in [0.4, 0.5) is 17.1 Å². The first-order valence-electron chi connectivity index (χ1n) is 13.0. The van der Waals surface area contributed by atoms with Gasteiger partial charge in [-0.1, -0.05) is 11.6 Å². The Hall–Kier alpha value is -4.90. The molecule has 0 aliphatic heterocycles. The highest BCUT2D eigenvalue weighted by molar-refractivity contribution is 6.08. The molecular formula is C30H35N5O6. The van der Waals surface area contributed by atoms with Crippen molar-refractivity contribution in [3.05, 3.63) is 82.4 Å². The molecule has 2 amide bonds. The van der Waals surface area contributed by atoms with Gasteiger partial charge in [0.1, 0.15) is 18.2 Å². The molecule has 8 N–H and O–H groups in total. The van der Waals surface area contributed by atoms with Crippen molar-refractivity contribution in [1.29, 1.82) is 5.41 Å². The second kappa shape index (κ2) is 13.9. The highest BCUT2D eigenvalue weighted by Gasteiger charge is 2.18. The average molecular weight is 562 g/mol. The van der Waals surface area contributed by atoms with E-state index in [0.717, 1.165) is 5.56 Å². The lowest BCUT2D eigenvalue weighted by Crippen LogP contribution is -2.18. The molecule has 3 aromatic rings. The van der Waals surface area contributed by atoms with E-state index in [1.807, 2.05) is 26.8 Å². The maximum Gasteiger partial charge on any atom is 0.303 e. The number of benzene rings is 3. The van der Waals surface area contributed by atoms with Crippen molar-refractivity contribution in [1.82, 2.24) is 0 Å². The Morgan fingerprint density at radius 2 is 1.71 bits per heavy atom. The number of amides is 2. The maximum atomic E-state index is 13.3. The molecule has 0 spiro atoms. The zero-order chi connectivity index (χ0) is 30.1. The van der Waals surface area contributed by atoms with Gasteiger partial charge in [-0.05, 0) is 80.8 Å². The molecule has 3 rings (SSSR count). The van der Waals surface area contributed by atoms with Crippen LogP contribution in [-0.4, -0.2) is 46.5 Å². The second-order valence-electron chi connectivity index (χ2n) is 9.73. The number of hydrogen-bond donors (Lipinski definition) is 7. The van der Waals surface area contributed by atoms with Gasteiger partial charge in [0.25, 0.3) is 5.91 Å².